The number of aliphatic carboxylic acids is 1. The van der Waals surface area contributed by atoms with Gasteiger partial charge in [-0.3, -0.25) is 0 Å². The van der Waals surface area contributed by atoms with Gasteiger partial charge in [0.15, 0.2) is 17.6 Å². The minimum atomic E-state index is -1.86. The van der Waals surface area contributed by atoms with E-state index in [-0.39, 0.29) is 52.6 Å². The number of aliphatic hydroxyl groups excluding tert-OH is 8. The van der Waals surface area contributed by atoms with E-state index in [4.69, 9.17) is 47.4 Å². The standard InChI is InChI=1S/C47H54O23/c1-20-28(66-44(60)23-7-4-8-24(14-23)64-43(59)22-6-5-9-25(15-22)65-46-40(56)38(54)36(52)31(17-48)67-46)16-26-27(42(57)58)19-63-45(34(20)26)70-47-41(39(55)37(53)32(18-49)68-47)69-33(50)11-10-21-12-29(61-2)35(51)30(13-21)62-3/h4-12,14-15,19-20,26,28,30-32,34,36-41,45-49,51-56H,13,16-18H2,1-3H3,(H,57,58)/b11-10+/t20-,26+,28+,30+,31+,32-,34+,36-,37+,38+,39-,40+,41+,45-,46-,47+/m0/s1. The van der Waals surface area contributed by atoms with E-state index in [1.807, 2.05) is 0 Å². The van der Waals surface area contributed by atoms with E-state index in [1.54, 1.807) is 6.92 Å². The van der Waals surface area contributed by atoms with E-state index >= 15 is 0 Å². The van der Waals surface area contributed by atoms with Crippen molar-refractivity contribution in [3.63, 3.8) is 0 Å². The van der Waals surface area contributed by atoms with E-state index in [2.05, 4.69) is 0 Å². The van der Waals surface area contributed by atoms with Crippen molar-refractivity contribution in [2.24, 2.45) is 17.8 Å². The molecular formula is C47H54O23. The van der Waals surface area contributed by atoms with Crippen molar-refractivity contribution in [2.45, 2.75) is 99.7 Å². The zero-order valence-electron chi connectivity index (χ0n) is 37.7. The maximum absolute atomic E-state index is 13.7. The average Bonchev–Trinajstić information content (AvgIpc) is 3.68. The third-order valence-corrected chi connectivity index (χ3v) is 12.7. The Morgan fingerprint density at radius 3 is 2.09 bits per heavy atom. The molecule has 70 heavy (non-hydrogen) atoms. The number of allylic oxidation sites excluding steroid dienone is 2. The number of aliphatic hydroxyl groups is 8. The van der Waals surface area contributed by atoms with Crippen molar-refractivity contribution in [3.8, 4) is 11.5 Å². The van der Waals surface area contributed by atoms with Crippen LogP contribution in [0.4, 0.5) is 0 Å². The number of benzene rings is 2. The lowest BCUT2D eigenvalue weighted by Crippen LogP contribution is -2.61. The second-order valence-electron chi connectivity index (χ2n) is 17.0. The first-order valence-electron chi connectivity index (χ1n) is 22.0. The minimum Gasteiger partial charge on any atom is -0.506 e. The van der Waals surface area contributed by atoms with Crippen molar-refractivity contribution >= 4 is 23.9 Å². The number of carbonyl (C=O) groups excluding carboxylic acids is 3. The Kier molecular flexibility index (Phi) is 16.6. The van der Waals surface area contributed by atoms with Crippen LogP contribution in [0.3, 0.4) is 0 Å². The van der Waals surface area contributed by atoms with Crippen LogP contribution in [0.5, 0.6) is 11.5 Å². The van der Waals surface area contributed by atoms with Gasteiger partial charge in [-0.05, 0) is 54.5 Å². The van der Waals surface area contributed by atoms with Gasteiger partial charge in [-0.2, -0.15) is 0 Å². The fourth-order valence-corrected chi connectivity index (χ4v) is 8.88. The maximum atomic E-state index is 13.7. The van der Waals surface area contributed by atoms with Gasteiger partial charge in [-0.15, -0.1) is 0 Å². The fraction of sp³-hybridized carbons (Fsp3) is 0.489. The lowest BCUT2D eigenvalue weighted by molar-refractivity contribution is -0.343. The molecule has 2 aromatic carbocycles. The number of esters is 3. The first-order chi connectivity index (χ1) is 33.5. The quantitative estimate of drug-likeness (QED) is 0.0602. The summed E-state index contributed by atoms with van der Waals surface area (Å²) in [6.07, 6.45) is -14.4. The van der Waals surface area contributed by atoms with Gasteiger partial charge in [-0.1, -0.05) is 25.1 Å². The van der Waals surface area contributed by atoms with Crippen LogP contribution >= 0.6 is 0 Å². The highest BCUT2D eigenvalue weighted by molar-refractivity contribution is 5.93. The Hall–Kier alpha value is -5.96. The SMILES string of the molecule is COC1=C(O)[C@H](OC)CC(/C=C/C(=O)O[C@H]2[C@@H](O[C@@H]3OC=C(C(=O)O)[C@H]4C[C@@H](OC(=O)c5cccc(OC(=O)c6cccc(O[C@H]7O[C@H](CO)[C@H](O)[C@@H](O)[C@H]7O)c6)c5)[C@H](C)[C@@H]34)O[C@@H](CO)[C@@H](O)[C@@H]2O)=C1. The summed E-state index contributed by atoms with van der Waals surface area (Å²) in [5.74, 6) is -6.61. The number of hydrogen-bond acceptors (Lipinski definition) is 22. The van der Waals surface area contributed by atoms with Crippen LogP contribution in [0.1, 0.15) is 40.5 Å². The molecule has 0 spiro atoms. The maximum Gasteiger partial charge on any atom is 0.343 e. The van der Waals surface area contributed by atoms with E-state index in [1.165, 1.54) is 74.9 Å². The summed E-state index contributed by atoms with van der Waals surface area (Å²) in [5, 5.41) is 92.3. The summed E-state index contributed by atoms with van der Waals surface area (Å²) in [7, 11) is 2.72. The number of carboxylic acid groups (broad SMARTS) is 1. The zero-order chi connectivity index (χ0) is 50.6. The Morgan fingerprint density at radius 2 is 1.43 bits per heavy atom. The first-order valence-corrected chi connectivity index (χ1v) is 22.0. The predicted octanol–water partition coefficient (Wildman–Crippen LogP) is -0.108. The lowest BCUT2D eigenvalue weighted by Gasteiger charge is -2.44. The van der Waals surface area contributed by atoms with Crippen LogP contribution in [0.2, 0.25) is 0 Å². The van der Waals surface area contributed by atoms with Gasteiger partial charge in [0.05, 0.1) is 43.3 Å². The molecule has 7 rings (SSSR count). The fourth-order valence-electron chi connectivity index (χ4n) is 8.88. The Balaban J connectivity index is 1.02. The van der Waals surface area contributed by atoms with Gasteiger partial charge in [0, 0.05) is 37.4 Å². The second kappa shape index (κ2) is 22.4. The molecule has 3 fully saturated rings. The molecule has 0 amide bonds. The topological polar surface area (TPSA) is 343 Å². The van der Waals surface area contributed by atoms with Crippen molar-refractivity contribution in [2.75, 3.05) is 27.4 Å². The molecule has 0 bridgehead atoms. The predicted molar refractivity (Wildman–Crippen MR) is 231 cm³/mol. The highest BCUT2D eigenvalue weighted by Gasteiger charge is 2.55. The van der Waals surface area contributed by atoms with Gasteiger partial charge in [0.1, 0.15) is 66.4 Å². The van der Waals surface area contributed by atoms with Crippen LogP contribution in [0.25, 0.3) is 0 Å². The number of ether oxygens (including phenoxy) is 10. The van der Waals surface area contributed by atoms with Crippen molar-refractivity contribution in [3.05, 3.63) is 107 Å². The normalized spacial score (nSPS) is 34.1. The lowest BCUT2D eigenvalue weighted by atomic mass is 9.83. The molecule has 23 heteroatoms. The third kappa shape index (κ3) is 11.1. The summed E-state index contributed by atoms with van der Waals surface area (Å²) >= 11 is 0. The van der Waals surface area contributed by atoms with Crippen LogP contribution in [-0.4, -0.2) is 177 Å². The third-order valence-electron chi connectivity index (χ3n) is 12.7. The summed E-state index contributed by atoms with van der Waals surface area (Å²) in [6, 6.07) is 11.0. The molecule has 380 valence electrons. The molecule has 5 aliphatic rings. The van der Waals surface area contributed by atoms with Crippen LogP contribution < -0.4 is 9.47 Å². The Labute approximate surface area is 398 Å². The highest BCUT2D eigenvalue weighted by atomic mass is 16.8. The van der Waals surface area contributed by atoms with Crippen LogP contribution in [0, 0.1) is 17.8 Å². The van der Waals surface area contributed by atoms with Crippen LogP contribution in [0.15, 0.2) is 95.7 Å². The summed E-state index contributed by atoms with van der Waals surface area (Å²) < 4.78 is 56.2. The number of fused-ring (bicyclic) bond motifs is 1. The van der Waals surface area contributed by atoms with Crippen molar-refractivity contribution in [1.82, 2.24) is 0 Å². The molecule has 3 aliphatic heterocycles. The number of carbonyl (C=O) groups is 4. The minimum absolute atomic E-state index is 0.00247. The highest BCUT2D eigenvalue weighted by Crippen LogP contribution is 2.49. The molecule has 23 nitrogen and oxygen atoms in total. The van der Waals surface area contributed by atoms with Crippen molar-refractivity contribution in [1.29, 1.82) is 0 Å². The molecule has 1 saturated carbocycles. The van der Waals surface area contributed by atoms with Crippen LogP contribution in [-0.2, 0) is 47.5 Å². The largest absolute Gasteiger partial charge is 0.506 e. The number of hydrogen-bond donors (Lipinski definition) is 9. The second-order valence-corrected chi connectivity index (χ2v) is 17.0. The number of carboxylic acids is 1. The monoisotopic (exact) mass is 986 g/mol. The molecule has 0 aromatic heterocycles. The Bertz CT molecular complexity index is 2360. The zero-order valence-corrected chi connectivity index (χ0v) is 37.7. The van der Waals surface area contributed by atoms with Gasteiger partial charge in [0.2, 0.25) is 18.9 Å². The van der Waals surface area contributed by atoms with Gasteiger partial charge >= 0.3 is 23.9 Å². The number of methoxy groups -OCH3 is 2. The number of rotatable bonds is 16. The molecule has 2 aromatic rings. The molecule has 0 radical (unpaired) electrons. The van der Waals surface area contributed by atoms with E-state index in [0.717, 1.165) is 12.3 Å². The molecule has 2 saturated heterocycles. The summed E-state index contributed by atoms with van der Waals surface area (Å²) in [6.45, 7) is 0.197. The van der Waals surface area contributed by atoms with E-state index < -0.39 is 135 Å². The molecule has 2 aliphatic carbocycles. The smallest absolute Gasteiger partial charge is 0.343 e. The molecule has 3 heterocycles. The van der Waals surface area contributed by atoms with E-state index in [9.17, 15) is 65.1 Å². The molecule has 9 N–H and O–H groups in total. The van der Waals surface area contributed by atoms with E-state index in [0.29, 0.717) is 5.57 Å². The summed E-state index contributed by atoms with van der Waals surface area (Å²) in [4.78, 5) is 52.6. The average molecular weight is 987 g/mol. The summed E-state index contributed by atoms with van der Waals surface area (Å²) in [5.41, 5.74) is 0.252. The van der Waals surface area contributed by atoms with Crippen molar-refractivity contribution < 1.29 is 113 Å². The van der Waals surface area contributed by atoms with Gasteiger partial charge in [-0.25, -0.2) is 19.2 Å². The van der Waals surface area contributed by atoms with Gasteiger partial charge < -0.3 is 93.3 Å². The first kappa shape index (κ1) is 51.9. The Morgan fingerprint density at radius 1 is 0.786 bits per heavy atom. The molecule has 16 atom stereocenters. The van der Waals surface area contributed by atoms with Gasteiger partial charge in [0.25, 0.3) is 0 Å². The molecular weight excluding hydrogens is 932 g/mol. The molecule has 0 unspecified atom stereocenters.